The molecule has 0 spiro atoms. The molecule has 0 N–H and O–H groups in total. The minimum atomic E-state index is -0.537. The van der Waals surface area contributed by atoms with Crippen LogP contribution in [0.2, 0.25) is 0 Å². The van der Waals surface area contributed by atoms with Gasteiger partial charge >= 0.3 is 5.97 Å². The van der Waals surface area contributed by atoms with Crippen LogP contribution in [0.4, 0.5) is 0 Å². The molecule has 0 aliphatic rings. The number of fused-ring (bicyclic) bond motifs is 1. The number of rotatable bonds is 4. The monoisotopic (exact) mass is 373 g/mol. The van der Waals surface area contributed by atoms with Gasteiger partial charge in [-0.2, -0.15) is 0 Å². The fraction of sp³-hybridized carbons (Fsp3) is 0.0455. The number of aromatic nitrogens is 1. The number of nitrogens with zero attached hydrogens (tertiary/aromatic N) is 1. The molecule has 0 unspecified atom stereocenters. The molecule has 6 nitrogen and oxygen atoms in total. The number of carbonyl (C=O) groups is 1. The van der Waals surface area contributed by atoms with Crippen molar-refractivity contribution in [2.75, 3.05) is 7.11 Å². The minimum Gasteiger partial charge on any atom is -0.497 e. The molecular weight excluding hydrogens is 358 g/mol. The number of carbonyl (C=O) groups excluding carboxylic acids is 1. The van der Waals surface area contributed by atoms with Crippen LogP contribution in [-0.4, -0.2) is 18.1 Å². The molecule has 0 fully saturated rings. The van der Waals surface area contributed by atoms with E-state index in [-0.39, 0.29) is 11.2 Å². The molecule has 0 saturated carbocycles. The number of hydrogen-bond donors (Lipinski definition) is 0. The zero-order chi connectivity index (χ0) is 19.5. The first kappa shape index (κ1) is 17.5. The average molecular weight is 373 g/mol. The molecule has 2 heterocycles. The Hall–Kier alpha value is -3.93. The highest BCUT2D eigenvalue weighted by Gasteiger charge is 2.13. The van der Waals surface area contributed by atoms with E-state index < -0.39 is 5.97 Å². The zero-order valence-corrected chi connectivity index (χ0v) is 14.9. The van der Waals surface area contributed by atoms with Crippen molar-refractivity contribution in [3.63, 3.8) is 0 Å². The van der Waals surface area contributed by atoms with E-state index in [1.807, 2.05) is 0 Å². The predicted molar refractivity (Wildman–Crippen MR) is 104 cm³/mol. The van der Waals surface area contributed by atoms with Crippen molar-refractivity contribution in [3.8, 4) is 22.6 Å². The van der Waals surface area contributed by atoms with Crippen LogP contribution in [0.1, 0.15) is 10.4 Å². The summed E-state index contributed by atoms with van der Waals surface area (Å²) < 4.78 is 16.1. The first-order chi connectivity index (χ1) is 13.7. The van der Waals surface area contributed by atoms with Crippen LogP contribution in [0.25, 0.3) is 22.1 Å². The summed E-state index contributed by atoms with van der Waals surface area (Å²) in [7, 11) is 1.58. The van der Waals surface area contributed by atoms with Crippen molar-refractivity contribution < 1.29 is 18.7 Å². The van der Waals surface area contributed by atoms with E-state index in [0.717, 1.165) is 5.56 Å². The minimum absolute atomic E-state index is 0.170. The first-order valence-electron chi connectivity index (χ1n) is 8.48. The van der Waals surface area contributed by atoms with Crippen molar-refractivity contribution >= 4 is 16.9 Å². The van der Waals surface area contributed by atoms with Crippen LogP contribution >= 0.6 is 0 Å². The molecule has 4 rings (SSSR count). The van der Waals surface area contributed by atoms with Gasteiger partial charge in [-0.3, -0.25) is 9.78 Å². The van der Waals surface area contributed by atoms with Crippen molar-refractivity contribution in [3.05, 3.63) is 89.0 Å². The lowest BCUT2D eigenvalue weighted by Crippen LogP contribution is -2.09. The summed E-state index contributed by atoms with van der Waals surface area (Å²) >= 11 is 0. The van der Waals surface area contributed by atoms with Crippen molar-refractivity contribution in [1.82, 2.24) is 4.98 Å². The Labute approximate surface area is 160 Å². The summed E-state index contributed by atoms with van der Waals surface area (Å²) in [6.07, 6.45) is 4.39. The predicted octanol–water partition coefficient (Wildman–Crippen LogP) is 4.08. The molecular formula is C22H15NO5. The van der Waals surface area contributed by atoms with E-state index in [9.17, 15) is 9.59 Å². The standard InChI is InChI=1S/C22H15NO5/c1-26-16-6-4-14(5-7-16)19-13-27-20-11-17(8-9-18(20)21(19)24)28-22(25)15-3-2-10-23-12-15/h2-13H,1H3. The topological polar surface area (TPSA) is 78.6 Å². The second kappa shape index (κ2) is 7.36. The summed E-state index contributed by atoms with van der Waals surface area (Å²) in [6.45, 7) is 0. The molecule has 0 aliphatic heterocycles. The third-order valence-electron chi connectivity index (χ3n) is 4.25. The molecule has 0 aliphatic carbocycles. The lowest BCUT2D eigenvalue weighted by Gasteiger charge is -2.07. The largest absolute Gasteiger partial charge is 0.497 e. The Morgan fingerprint density at radius 2 is 1.82 bits per heavy atom. The lowest BCUT2D eigenvalue weighted by molar-refractivity contribution is 0.0734. The summed E-state index contributed by atoms with van der Waals surface area (Å²) in [6, 6.07) is 15.1. The second-order valence-electron chi connectivity index (χ2n) is 6.00. The molecule has 28 heavy (non-hydrogen) atoms. The molecule has 138 valence electrons. The number of hydrogen-bond acceptors (Lipinski definition) is 6. The van der Waals surface area contributed by atoms with Gasteiger partial charge in [0, 0.05) is 18.5 Å². The van der Waals surface area contributed by atoms with Gasteiger partial charge in [-0.25, -0.2) is 4.79 Å². The maximum absolute atomic E-state index is 12.8. The van der Waals surface area contributed by atoms with E-state index in [2.05, 4.69) is 4.98 Å². The Kier molecular flexibility index (Phi) is 4.60. The number of ether oxygens (including phenoxy) is 2. The normalized spacial score (nSPS) is 10.6. The molecule has 4 aromatic rings. The molecule has 0 saturated heterocycles. The summed E-state index contributed by atoms with van der Waals surface area (Å²) in [5.41, 5.74) is 1.66. The average Bonchev–Trinajstić information content (AvgIpc) is 2.75. The van der Waals surface area contributed by atoms with Gasteiger partial charge in [0.05, 0.1) is 23.6 Å². The Morgan fingerprint density at radius 3 is 2.54 bits per heavy atom. The quantitative estimate of drug-likeness (QED) is 0.396. The highest BCUT2D eigenvalue weighted by atomic mass is 16.5. The molecule has 2 aromatic heterocycles. The van der Waals surface area contributed by atoms with Crippen LogP contribution in [0.15, 0.2) is 82.5 Å². The maximum Gasteiger partial charge on any atom is 0.345 e. The van der Waals surface area contributed by atoms with Gasteiger partial charge in [0.15, 0.2) is 5.43 Å². The maximum atomic E-state index is 12.8. The highest BCUT2D eigenvalue weighted by molar-refractivity contribution is 5.91. The smallest absolute Gasteiger partial charge is 0.345 e. The summed E-state index contributed by atoms with van der Waals surface area (Å²) in [4.78, 5) is 28.9. The van der Waals surface area contributed by atoms with Gasteiger partial charge in [-0.05, 0) is 42.0 Å². The summed E-state index contributed by atoms with van der Waals surface area (Å²) in [5.74, 6) is 0.445. The van der Waals surface area contributed by atoms with Gasteiger partial charge in [0.25, 0.3) is 0 Å². The molecule has 0 atom stereocenters. The van der Waals surface area contributed by atoms with Gasteiger partial charge in [0.2, 0.25) is 0 Å². The zero-order valence-electron chi connectivity index (χ0n) is 14.9. The van der Waals surface area contributed by atoms with Crippen LogP contribution in [0.3, 0.4) is 0 Å². The van der Waals surface area contributed by atoms with E-state index in [4.69, 9.17) is 13.9 Å². The first-order valence-corrected chi connectivity index (χ1v) is 8.48. The lowest BCUT2D eigenvalue weighted by atomic mass is 10.1. The van der Waals surface area contributed by atoms with E-state index in [1.165, 1.54) is 18.5 Å². The van der Waals surface area contributed by atoms with Crippen LogP contribution in [-0.2, 0) is 0 Å². The van der Waals surface area contributed by atoms with Crippen LogP contribution in [0, 0.1) is 0 Å². The second-order valence-corrected chi connectivity index (χ2v) is 6.00. The molecule has 6 heteroatoms. The van der Waals surface area contributed by atoms with Gasteiger partial charge in [0.1, 0.15) is 23.3 Å². The number of pyridine rings is 1. The number of benzene rings is 2. The van der Waals surface area contributed by atoms with Crippen molar-refractivity contribution in [2.24, 2.45) is 0 Å². The Bertz CT molecular complexity index is 1200. The fourth-order valence-electron chi connectivity index (χ4n) is 2.79. The van der Waals surface area contributed by atoms with Crippen LogP contribution < -0.4 is 14.9 Å². The van der Waals surface area contributed by atoms with Crippen molar-refractivity contribution in [1.29, 1.82) is 0 Å². The molecule has 0 amide bonds. The van der Waals surface area contributed by atoms with E-state index in [1.54, 1.807) is 61.8 Å². The highest BCUT2D eigenvalue weighted by Crippen LogP contribution is 2.25. The molecule has 2 aromatic carbocycles. The van der Waals surface area contributed by atoms with E-state index >= 15 is 0 Å². The van der Waals surface area contributed by atoms with Crippen molar-refractivity contribution in [2.45, 2.75) is 0 Å². The van der Waals surface area contributed by atoms with Gasteiger partial charge < -0.3 is 13.9 Å². The molecule has 0 radical (unpaired) electrons. The molecule has 0 bridgehead atoms. The Balaban J connectivity index is 1.66. The number of methoxy groups -OCH3 is 1. The fourth-order valence-corrected chi connectivity index (χ4v) is 2.79. The van der Waals surface area contributed by atoms with Crippen LogP contribution in [0.5, 0.6) is 11.5 Å². The third kappa shape index (κ3) is 3.35. The Morgan fingerprint density at radius 1 is 1.04 bits per heavy atom. The summed E-state index contributed by atoms with van der Waals surface area (Å²) in [5, 5.41) is 0.398. The third-order valence-corrected chi connectivity index (χ3v) is 4.25. The van der Waals surface area contributed by atoms with Gasteiger partial charge in [-0.1, -0.05) is 12.1 Å². The SMILES string of the molecule is COc1ccc(-c2coc3cc(OC(=O)c4cccnc4)ccc3c2=O)cc1. The number of esters is 1. The van der Waals surface area contributed by atoms with Gasteiger partial charge in [-0.15, -0.1) is 0 Å². The van der Waals surface area contributed by atoms with E-state index in [0.29, 0.717) is 27.8 Å².